The lowest BCUT2D eigenvalue weighted by atomic mass is 10.2. The van der Waals surface area contributed by atoms with Crippen LogP contribution < -0.4 is 0 Å². The van der Waals surface area contributed by atoms with Crippen molar-refractivity contribution in [3.8, 4) is 0 Å². The number of aromatic nitrogens is 1. The first-order valence-electron chi connectivity index (χ1n) is 4.75. The molecule has 1 aromatic heterocycles. The monoisotopic (exact) mass is 194 g/mol. The Labute approximate surface area is 85.8 Å². The fraction of sp³-hybridized carbons (Fsp3) is 0.455. The number of rotatable bonds is 1. The Morgan fingerprint density at radius 3 is 2.36 bits per heavy atom. The molecule has 0 radical (unpaired) electrons. The van der Waals surface area contributed by atoms with E-state index in [4.69, 9.17) is 0 Å². The zero-order valence-electron chi connectivity index (χ0n) is 9.53. The van der Waals surface area contributed by atoms with Gasteiger partial charge in [-0.3, -0.25) is 9.78 Å². The Morgan fingerprint density at radius 2 is 1.93 bits per heavy atom. The van der Waals surface area contributed by atoms with Gasteiger partial charge in [-0.2, -0.15) is 0 Å². The first-order valence-corrected chi connectivity index (χ1v) is 4.75. The first-order chi connectivity index (χ1) is 6.61. The summed E-state index contributed by atoms with van der Waals surface area (Å²) in [7, 11) is 3.43. The van der Waals surface area contributed by atoms with Crippen molar-refractivity contribution in [2.24, 2.45) is 0 Å². The van der Waals surface area contributed by atoms with Crippen LogP contribution in [0, 0.1) is 6.92 Å². The Bertz CT molecular complexity index is 295. The van der Waals surface area contributed by atoms with Gasteiger partial charge in [-0.15, -0.1) is 0 Å². The van der Waals surface area contributed by atoms with Crippen molar-refractivity contribution in [3.05, 3.63) is 29.6 Å². The van der Waals surface area contributed by atoms with Gasteiger partial charge in [0.25, 0.3) is 5.91 Å². The fourth-order valence-corrected chi connectivity index (χ4v) is 0.882. The van der Waals surface area contributed by atoms with Gasteiger partial charge in [0.05, 0.1) is 0 Å². The molecule has 1 heterocycles. The summed E-state index contributed by atoms with van der Waals surface area (Å²) in [5.74, 6) is -0.0568. The van der Waals surface area contributed by atoms with Crippen molar-refractivity contribution in [3.63, 3.8) is 0 Å². The largest absolute Gasteiger partial charge is 0.343 e. The molecule has 3 nitrogen and oxygen atoms in total. The standard InChI is InChI=1S/C9H12N2O.C2H6/c1-7-4-5-10-8(6-7)9(12)11(2)3;1-2/h4-6H,1-3H3;1-2H3. The predicted octanol–water partition coefficient (Wildman–Crippen LogP) is 2.12. The molecular formula is C11H18N2O. The number of pyridine rings is 1. The Kier molecular flexibility index (Phi) is 5.53. The molecule has 0 aliphatic rings. The summed E-state index contributed by atoms with van der Waals surface area (Å²) >= 11 is 0. The SMILES string of the molecule is CC.Cc1ccnc(C(=O)N(C)C)c1. The van der Waals surface area contributed by atoms with Gasteiger partial charge in [-0.05, 0) is 24.6 Å². The van der Waals surface area contributed by atoms with Crippen LogP contribution >= 0.6 is 0 Å². The maximum Gasteiger partial charge on any atom is 0.271 e. The molecule has 0 spiro atoms. The number of nitrogens with zero attached hydrogens (tertiary/aromatic N) is 2. The molecule has 1 aromatic rings. The van der Waals surface area contributed by atoms with E-state index in [2.05, 4.69) is 4.98 Å². The van der Waals surface area contributed by atoms with E-state index in [9.17, 15) is 4.79 Å². The number of aryl methyl sites for hydroxylation is 1. The summed E-state index contributed by atoms with van der Waals surface area (Å²) < 4.78 is 0. The molecule has 1 rings (SSSR count). The van der Waals surface area contributed by atoms with Gasteiger partial charge in [0, 0.05) is 20.3 Å². The molecule has 0 saturated carbocycles. The van der Waals surface area contributed by atoms with Crippen LogP contribution in [-0.2, 0) is 0 Å². The molecule has 0 aliphatic heterocycles. The minimum Gasteiger partial charge on any atom is -0.343 e. The highest BCUT2D eigenvalue weighted by Crippen LogP contribution is 2.01. The average Bonchev–Trinajstić information content (AvgIpc) is 2.19. The molecule has 3 heteroatoms. The van der Waals surface area contributed by atoms with E-state index in [1.54, 1.807) is 26.4 Å². The molecule has 78 valence electrons. The van der Waals surface area contributed by atoms with Crippen LogP contribution in [0.15, 0.2) is 18.3 Å². The number of amides is 1. The third kappa shape index (κ3) is 3.56. The van der Waals surface area contributed by atoms with Gasteiger partial charge >= 0.3 is 0 Å². The molecule has 0 fully saturated rings. The maximum absolute atomic E-state index is 11.4. The van der Waals surface area contributed by atoms with E-state index in [-0.39, 0.29) is 5.91 Å². The van der Waals surface area contributed by atoms with Crippen molar-refractivity contribution in [1.29, 1.82) is 0 Å². The molecule has 0 N–H and O–H groups in total. The van der Waals surface area contributed by atoms with Crippen molar-refractivity contribution in [1.82, 2.24) is 9.88 Å². The van der Waals surface area contributed by atoms with Gasteiger partial charge in [0.1, 0.15) is 5.69 Å². The smallest absolute Gasteiger partial charge is 0.271 e. The highest BCUT2D eigenvalue weighted by molar-refractivity contribution is 5.91. The minimum absolute atomic E-state index is 0.0568. The normalized spacial score (nSPS) is 8.64. The molecule has 0 atom stereocenters. The second-order valence-corrected chi connectivity index (χ2v) is 2.92. The predicted molar refractivity (Wildman–Crippen MR) is 58.3 cm³/mol. The average molecular weight is 194 g/mol. The highest BCUT2D eigenvalue weighted by atomic mass is 16.2. The summed E-state index contributed by atoms with van der Waals surface area (Å²) in [6, 6.07) is 3.65. The van der Waals surface area contributed by atoms with Gasteiger partial charge in [-0.1, -0.05) is 13.8 Å². The maximum atomic E-state index is 11.4. The van der Waals surface area contributed by atoms with Crippen LogP contribution in [0.1, 0.15) is 29.9 Å². The lowest BCUT2D eigenvalue weighted by Gasteiger charge is -2.08. The summed E-state index contributed by atoms with van der Waals surface area (Å²) in [5, 5.41) is 0. The van der Waals surface area contributed by atoms with Crippen LogP contribution in [-0.4, -0.2) is 29.9 Å². The van der Waals surface area contributed by atoms with E-state index in [1.165, 1.54) is 4.90 Å². The third-order valence-electron chi connectivity index (χ3n) is 1.54. The quantitative estimate of drug-likeness (QED) is 0.686. The molecule has 0 aliphatic carbocycles. The first kappa shape index (κ1) is 12.6. The Balaban J connectivity index is 0.000000791. The number of hydrogen-bond acceptors (Lipinski definition) is 2. The van der Waals surface area contributed by atoms with E-state index >= 15 is 0 Å². The topological polar surface area (TPSA) is 33.2 Å². The summed E-state index contributed by atoms with van der Waals surface area (Å²) in [5.41, 5.74) is 1.55. The van der Waals surface area contributed by atoms with Crippen molar-refractivity contribution >= 4 is 5.91 Å². The Hall–Kier alpha value is -1.38. The molecule has 0 bridgehead atoms. The highest BCUT2D eigenvalue weighted by Gasteiger charge is 2.08. The van der Waals surface area contributed by atoms with Crippen LogP contribution in [0.3, 0.4) is 0 Å². The molecule has 0 aromatic carbocycles. The Morgan fingerprint density at radius 1 is 1.36 bits per heavy atom. The van der Waals surface area contributed by atoms with E-state index < -0.39 is 0 Å². The van der Waals surface area contributed by atoms with Crippen molar-refractivity contribution < 1.29 is 4.79 Å². The van der Waals surface area contributed by atoms with Crippen molar-refractivity contribution in [2.45, 2.75) is 20.8 Å². The number of carbonyl (C=O) groups is 1. The molecule has 14 heavy (non-hydrogen) atoms. The van der Waals surface area contributed by atoms with Gasteiger partial charge < -0.3 is 4.90 Å². The van der Waals surface area contributed by atoms with Crippen LogP contribution in [0.4, 0.5) is 0 Å². The molecule has 0 unspecified atom stereocenters. The summed E-state index contributed by atoms with van der Waals surface area (Å²) in [6.07, 6.45) is 1.64. The molecule has 0 saturated heterocycles. The van der Waals surface area contributed by atoms with E-state index in [1.807, 2.05) is 26.8 Å². The summed E-state index contributed by atoms with van der Waals surface area (Å²) in [4.78, 5) is 16.8. The molecular weight excluding hydrogens is 176 g/mol. The lowest BCUT2D eigenvalue weighted by molar-refractivity contribution is 0.0822. The fourth-order valence-electron chi connectivity index (χ4n) is 0.882. The summed E-state index contributed by atoms with van der Waals surface area (Å²) in [6.45, 7) is 5.94. The van der Waals surface area contributed by atoms with Gasteiger partial charge in [-0.25, -0.2) is 0 Å². The second kappa shape index (κ2) is 6.13. The second-order valence-electron chi connectivity index (χ2n) is 2.92. The minimum atomic E-state index is -0.0568. The van der Waals surface area contributed by atoms with Gasteiger partial charge in [0.2, 0.25) is 0 Å². The van der Waals surface area contributed by atoms with Crippen LogP contribution in [0.2, 0.25) is 0 Å². The molecule has 1 amide bonds. The number of carbonyl (C=O) groups excluding carboxylic acids is 1. The third-order valence-corrected chi connectivity index (χ3v) is 1.54. The lowest BCUT2D eigenvalue weighted by Crippen LogP contribution is -2.22. The zero-order valence-corrected chi connectivity index (χ0v) is 9.53. The van der Waals surface area contributed by atoms with E-state index in [0.717, 1.165) is 5.56 Å². The van der Waals surface area contributed by atoms with Crippen LogP contribution in [0.5, 0.6) is 0 Å². The van der Waals surface area contributed by atoms with Gasteiger partial charge in [0.15, 0.2) is 0 Å². The zero-order chi connectivity index (χ0) is 11.1. The van der Waals surface area contributed by atoms with E-state index in [0.29, 0.717) is 5.69 Å². The number of hydrogen-bond donors (Lipinski definition) is 0. The van der Waals surface area contributed by atoms with Crippen molar-refractivity contribution in [2.75, 3.05) is 14.1 Å². The van der Waals surface area contributed by atoms with Crippen LogP contribution in [0.25, 0.3) is 0 Å².